The number of hydrogen-bond acceptors (Lipinski definition) is 7. The van der Waals surface area contributed by atoms with Crippen LogP contribution in [0.2, 0.25) is 0 Å². The predicted molar refractivity (Wildman–Crippen MR) is 149 cm³/mol. The summed E-state index contributed by atoms with van der Waals surface area (Å²) in [6.45, 7) is 13.2. The molecule has 9 nitrogen and oxygen atoms in total. The second-order valence-electron chi connectivity index (χ2n) is 10.5. The molecule has 0 spiro atoms. The lowest BCUT2D eigenvalue weighted by Gasteiger charge is -2.36. The Kier molecular flexibility index (Phi) is 6.93. The van der Waals surface area contributed by atoms with Gasteiger partial charge in [0.05, 0.1) is 19.2 Å². The highest BCUT2D eigenvalue weighted by molar-refractivity contribution is 5.86. The molecule has 9 heteroatoms. The maximum atomic E-state index is 11.5. The molecule has 1 amide bonds. The second kappa shape index (κ2) is 10.3. The number of nitrogens with zero attached hydrogens (tertiary/aromatic N) is 4. The number of methoxy groups -OCH3 is 1. The number of anilines is 1. The lowest BCUT2D eigenvalue weighted by atomic mass is 9.75. The van der Waals surface area contributed by atoms with E-state index in [0.717, 1.165) is 59.6 Å². The summed E-state index contributed by atoms with van der Waals surface area (Å²) in [7, 11) is 1.30. The van der Waals surface area contributed by atoms with Crippen LogP contribution >= 0.6 is 0 Å². The minimum atomic E-state index is -0.595. The van der Waals surface area contributed by atoms with Crippen LogP contribution in [-0.4, -0.2) is 52.4 Å². The molecule has 0 saturated carbocycles. The van der Waals surface area contributed by atoms with Crippen LogP contribution in [0.15, 0.2) is 59.0 Å². The number of aromatic amines is 1. The predicted octanol–water partition coefficient (Wildman–Crippen LogP) is 6.07. The zero-order valence-corrected chi connectivity index (χ0v) is 22.4. The van der Waals surface area contributed by atoms with E-state index in [1.807, 2.05) is 31.3 Å². The molecule has 0 atom stereocenters. The van der Waals surface area contributed by atoms with Gasteiger partial charge in [-0.15, -0.1) is 0 Å². The number of nitrogens with one attached hydrogen (secondary N) is 2. The number of aromatic nitrogens is 3. The van der Waals surface area contributed by atoms with E-state index in [-0.39, 0.29) is 11.4 Å². The summed E-state index contributed by atoms with van der Waals surface area (Å²) in [6, 6.07) is 8.18. The van der Waals surface area contributed by atoms with E-state index in [9.17, 15) is 4.79 Å². The SMILES string of the molecule is C=C(C1=C(N=CC)CCC(C)(C)C1)N1CCOc2ccc(-c3cnc4nc(NC(=O)OC)[nH]c4c3)cc2C1. The fourth-order valence-electron chi connectivity index (χ4n) is 5.10. The molecule has 1 aromatic carbocycles. The number of hydrogen-bond donors (Lipinski definition) is 2. The number of fused-ring (bicyclic) bond motifs is 2. The van der Waals surface area contributed by atoms with Crippen molar-refractivity contribution in [3.63, 3.8) is 0 Å². The van der Waals surface area contributed by atoms with E-state index >= 15 is 0 Å². The molecule has 2 aliphatic rings. The van der Waals surface area contributed by atoms with Gasteiger partial charge < -0.3 is 19.4 Å². The molecule has 5 rings (SSSR count). The number of ether oxygens (including phenoxy) is 2. The first kappa shape index (κ1) is 25.5. The minimum absolute atomic E-state index is 0.225. The number of allylic oxidation sites excluding steroid dienone is 2. The summed E-state index contributed by atoms with van der Waals surface area (Å²) in [5.41, 5.74) is 7.92. The van der Waals surface area contributed by atoms with Gasteiger partial charge >= 0.3 is 6.09 Å². The fourth-order valence-corrected chi connectivity index (χ4v) is 5.10. The highest BCUT2D eigenvalue weighted by atomic mass is 16.5. The van der Waals surface area contributed by atoms with Gasteiger partial charge in [0.25, 0.3) is 0 Å². The van der Waals surface area contributed by atoms with Crippen LogP contribution < -0.4 is 10.1 Å². The largest absolute Gasteiger partial charge is 0.491 e. The van der Waals surface area contributed by atoms with E-state index in [1.165, 1.54) is 12.7 Å². The fraction of sp³-hybridized carbons (Fsp3) is 0.379. The smallest absolute Gasteiger partial charge is 0.413 e. The number of aliphatic imine (C=N–C) groups is 1. The first-order valence-electron chi connectivity index (χ1n) is 12.9. The molecular weight excluding hydrogens is 480 g/mol. The molecule has 0 radical (unpaired) electrons. The van der Waals surface area contributed by atoms with E-state index < -0.39 is 6.09 Å². The second-order valence-corrected chi connectivity index (χ2v) is 10.5. The van der Waals surface area contributed by atoms with Crippen molar-refractivity contribution in [2.45, 2.75) is 46.6 Å². The molecular formula is C29H34N6O3. The number of H-pyrrole nitrogens is 1. The van der Waals surface area contributed by atoms with Gasteiger partial charge in [-0.1, -0.05) is 26.5 Å². The van der Waals surface area contributed by atoms with Gasteiger partial charge in [0, 0.05) is 41.5 Å². The highest BCUT2D eigenvalue weighted by Crippen LogP contribution is 2.43. The van der Waals surface area contributed by atoms with Gasteiger partial charge in [0.2, 0.25) is 5.95 Å². The molecule has 198 valence electrons. The van der Waals surface area contributed by atoms with E-state index in [0.29, 0.717) is 24.3 Å². The van der Waals surface area contributed by atoms with Gasteiger partial charge in [-0.05, 0) is 60.9 Å². The van der Waals surface area contributed by atoms with Crippen LogP contribution in [0.25, 0.3) is 22.3 Å². The molecule has 38 heavy (non-hydrogen) atoms. The molecule has 2 aromatic heterocycles. The summed E-state index contributed by atoms with van der Waals surface area (Å²) < 4.78 is 10.8. The summed E-state index contributed by atoms with van der Waals surface area (Å²) >= 11 is 0. The van der Waals surface area contributed by atoms with Crippen molar-refractivity contribution in [2.24, 2.45) is 10.4 Å². The van der Waals surface area contributed by atoms with E-state index in [1.54, 1.807) is 6.20 Å². The summed E-state index contributed by atoms with van der Waals surface area (Å²) in [5.74, 6) is 1.17. The number of carbonyl (C=O) groups is 1. The third-order valence-corrected chi connectivity index (χ3v) is 7.17. The summed E-state index contributed by atoms with van der Waals surface area (Å²) in [5, 5.41) is 2.54. The Balaban J connectivity index is 1.42. The third kappa shape index (κ3) is 5.27. The Morgan fingerprint density at radius 3 is 2.95 bits per heavy atom. The molecule has 1 aliphatic carbocycles. The normalized spacial score (nSPS) is 17.2. The topological polar surface area (TPSA) is 105 Å². The van der Waals surface area contributed by atoms with Crippen molar-refractivity contribution in [1.82, 2.24) is 19.9 Å². The van der Waals surface area contributed by atoms with E-state index in [2.05, 4.69) is 56.4 Å². The van der Waals surface area contributed by atoms with Gasteiger partial charge in [0.15, 0.2) is 5.65 Å². The maximum absolute atomic E-state index is 11.5. The van der Waals surface area contributed by atoms with Crippen molar-refractivity contribution in [1.29, 1.82) is 0 Å². The van der Waals surface area contributed by atoms with Crippen molar-refractivity contribution in [3.8, 4) is 16.9 Å². The van der Waals surface area contributed by atoms with Gasteiger partial charge in [-0.25, -0.2) is 9.78 Å². The van der Waals surface area contributed by atoms with Crippen LogP contribution in [-0.2, 0) is 11.3 Å². The van der Waals surface area contributed by atoms with Gasteiger partial charge in [-0.2, -0.15) is 4.98 Å². The number of imidazole rings is 1. The number of pyridine rings is 1. The number of carbonyl (C=O) groups excluding carboxylic acids is 1. The lowest BCUT2D eigenvalue weighted by Crippen LogP contribution is -2.29. The third-order valence-electron chi connectivity index (χ3n) is 7.17. The Morgan fingerprint density at radius 1 is 1.32 bits per heavy atom. The van der Waals surface area contributed by atoms with Crippen molar-refractivity contribution < 1.29 is 14.3 Å². The quantitative estimate of drug-likeness (QED) is 0.401. The molecule has 0 bridgehead atoms. The van der Waals surface area contributed by atoms with Crippen LogP contribution in [0.5, 0.6) is 5.75 Å². The first-order valence-corrected chi connectivity index (χ1v) is 12.9. The Morgan fingerprint density at radius 2 is 2.16 bits per heavy atom. The lowest BCUT2D eigenvalue weighted by molar-refractivity contribution is 0.186. The summed E-state index contributed by atoms with van der Waals surface area (Å²) in [4.78, 5) is 30.4. The van der Waals surface area contributed by atoms with Crippen LogP contribution in [0.1, 0.15) is 45.6 Å². The zero-order valence-electron chi connectivity index (χ0n) is 22.4. The Hall–Kier alpha value is -4.14. The van der Waals surface area contributed by atoms with Crippen LogP contribution in [0, 0.1) is 5.41 Å². The van der Waals surface area contributed by atoms with Crippen LogP contribution in [0.4, 0.5) is 10.7 Å². The number of amides is 1. The van der Waals surface area contributed by atoms with Gasteiger partial charge in [0.1, 0.15) is 12.4 Å². The average molecular weight is 515 g/mol. The molecule has 3 heterocycles. The van der Waals surface area contributed by atoms with Crippen molar-refractivity contribution in [2.75, 3.05) is 25.6 Å². The highest BCUT2D eigenvalue weighted by Gasteiger charge is 2.30. The molecule has 0 fully saturated rings. The Bertz CT molecular complexity index is 1450. The molecule has 1 aliphatic heterocycles. The molecule has 3 aromatic rings. The van der Waals surface area contributed by atoms with Crippen LogP contribution in [0.3, 0.4) is 0 Å². The number of rotatable bonds is 5. The first-order chi connectivity index (χ1) is 18.3. The Labute approximate surface area is 222 Å². The van der Waals surface area contributed by atoms with Gasteiger partial charge in [-0.3, -0.25) is 10.3 Å². The monoisotopic (exact) mass is 514 g/mol. The number of benzene rings is 1. The summed E-state index contributed by atoms with van der Waals surface area (Å²) in [6.07, 6.45) is 6.13. The minimum Gasteiger partial charge on any atom is -0.491 e. The zero-order chi connectivity index (χ0) is 26.9. The van der Waals surface area contributed by atoms with Crippen molar-refractivity contribution in [3.05, 3.63) is 59.6 Å². The molecule has 2 N–H and O–H groups in total. The maximum Gasteiger partial charge on any atom is 0.413 e. The van der Waals surface area contributed by atoms with E-state index in [4.69, 9.17) is 9.73 Å². The molecule has 0 unspecified atom stereocenters. The molecule has 0 saturated heterocycles. The van der Waals surface area contributed by atoms with Crippen molar-refractivity contribution >= 4 is 29.4 Å². The standard InChI is InChI=1S/C29H34N6O3/c1-6-30-23-9-10-29(3,4)15-22(23)18(2)35-11-12-38-25-8-7-19(13-21(25)17-35)20-14-24-26(31-16-20)33-27(32-24)34-28(36)37-5/h6-8,13-14,16H,2,9-12,15,17H2,1,3-5H3,(H2,31,32,33,34,36). The average Bonchev–Trinajstić information content (AvgIpc) is 3.17.